The van der Waals surface area contributed by atoms with Crippen molar-refractivity contribution < 1.29 is 19.8 Å². The largest absolute Gasteiger partial charge is 0.465 e. The Balaban J connectivity index is 1.88. The lowest BCUT2D eigenvalue weighted by molar-refractivity contribution is -0.133. The highest BCUT2D eigenvalue weighted by molar-refractivity contribution is 5.85. The summed E-state index contributed by atoms with van der Waals surface area (Å²) in [5, 5.41) is 24.6. The number of aliphatic hydroxyl groups excluding tert-OH is 1. The number of carbonyl (C=O) groups is 2. The Labute approximate surface area is 189 Å². The maximum absolute atomic E-state index is 13.3. The van der Waals surface area contributed by atoms with Gasteiger partial charge in [-0.3, -0.25) is 15.0 Å². The van der Waals surface area contributed by atoms with Gasteiger partial charge in [0.25, 0.3) is 0 Å². The lowest BCUT2D eigenvalue weighted by Gasteiger charge is -2.42. The average Bonchev–Trinajstić information content (AvgIpc) is 3.01. The van der Waals surface area contributed by atoms with Gasteiger partial charge in [0.05, 0.1) is 18.3 Å². The van der Waals surface area contributed by atoms with E-state index in [2.05, 4.69) is 5.32 Å². The van der Waals surface area contributed by atoms with Gasteiger partial charge in [-0.1, -0.05) is 60.7 Å². The maximum Gasteiger partial charge on any atom is 0.408 e. The fourth-order valence-corrected chi connectivity index (χ4v) is 4.40. The first-order chi connectivity index (χ1) is 15.1. The third kappa shape index (κ3) is 5.29. The molecule has 1 saturated heterocycles. The Bertz CT molecular complexity index is 914. The molecule has 1 unspecified atom stereocenters. The summed E-state index contributed by atoms with van der Waals surface area (Å²) >= 11 is 0. The van der Waals surface area contributed by atoms with Crippen molar-refractivity contribution in [1.29, 1.82) is 0 Å². The molecular formula is C25H33N3O4. The molecule has 4 atom stereocenters. The van der Waals surface area contributed by atoms with Crippen LogP contribution in [0.2, 0.25) is 0 Å². The van der Waals surface area contributed by atoms with E-state index in [4.69, 9.17) is 0 Å². The zero-order chi connectivity index (χ0) is 23.5. The molecule has 2 aromatic carbocycles. The molecule has 7 heteroatoms. The summed E-state index contributed by atoms with van der Waals surface area (Å²) in [6.45, 7) is 7.67. The van der Waals surface area contributed by atoms with Crippen LogP contribution < -0.4 is 5.32 Å². The van der Waals surface area contributed by atoms with Crippen LogP contribution in [-0.4, -0.2) is 61.9 Å². The molecule has 172 valence electrons. The molecule has 3 N–H and O–H groups in total. The second-order valence-electron chi connectivity index (χ2n) is 9.34. The first-order valence-electron chi connectivity index (χ1n) is 10.9. The summed E-state index contributed by atoms with van der Waals surface area (Å²) in [5.41, 5.74) is 1.13. The lowest BCUT2D eigenvalue weighted by atomic mass is 9.91. The highest BCUT2D eigenvalue weighted by Gasteiger charge is 2.47. The number of carboxylic acid groups (broad SMARTS) is 1. The fourth-order valence-electron chi connectivity index (χ4n) is 4.40. The number of carbonyl (C=O) groups excluding carboxylic acids is 1. The van der Waals surface area contributed by atoms with Crippen LogP contribution >= 0.6 is 0 Å². The van der Waals surface area contributed by atoms with Crippen LogP contribution in [-0.2, 0) is 17.8 Å². The van der Waals surface area contributed by atoms with E-state index < -0.39 is 29.8 Å². The predicted molar refractivity (Wildman–Crippen MR) is 123 cm³/mol. The molecule has 2 amide bonds. The molecule has 0 bridgehead atoms. The van der Waals surface area contributed by atoms with Gasteiger partial charge < -0.3 is 15.1 Å². The van der Waals surface area contributed by atoms with E-state index in [1.165, 1.54) is 4.90 Å². The average molecular weight is 440 g/mol. The summed E-state index contributed by atoms with van der Waals surface area (Å²) in [5.74, 6) is -0.230. The SMILES string of the molecule is CC1N[C@@H]([C@@H](O)[C@H](Cc2ccccc2)N(C(=O)O)C(C)(C)C)C(=O)N1Cc1ccccc1. The third-order valence-electron chi connectivity index (χ3n) is 5.92. The van der Waals surface area contributed by atoms with Gasteiger partial charge >= 0.3 is 6.09 Å². The number of nitrogens with one attached hydrogen (secondary N) is 1. The van der Waals surface area contributed by atoms with Gasteiger partial charge in [-0.2, -0.15) is 0 Å². The van der Waals surface area contributed by atoms with Crippen molar-refractivity contribution in [3.8, 4) is 0 Å². The van der Waals surface area contributed by atoms with Gasteiger partial charge in [0.15, 0.2) is 0 Å². The van der Waals surface area contributed by atoms with Gasteiger partial charge in [-0.25, -0.2) is 4.79 Å². The van der Waals surface area contributed by atoms with E-state index in [1.54, 1.807) is 25.7 Å². The van der Waals surface area contributed by atoms with Gasteiger partial charge in [0, 0.05) is 12.1 Å². The van der Waals surface area contributed by atoms with Crippen LogP contribution in [0.25, 0.3) is 0 Å². The second kappa shape index (κ2) is 9.71. The second-order valence-corrected chi connectivity index (χ2v) is 9.34. The summed E-state index contributed by atoms with van der Waals surface area (Å²) in [6, 6.07) is 17.4. The molecular weight excluding hydrogens is 406 g/mol. The molecule has 32 heavy (non-hydrogen) atoms. The van der Waals surface area contributed by atoms with E-state index in [0.717, 1.165) is 11.1 Å². The molecule has 0 spiro atoms. The summed E-state index contributed by atoms with van der Waals surface area (Å²) in [6.07, 6.45) is -2.34. The molecule has 2 aromatic rings. The molecule has 3 rings (SSSR count). The summed E-state index contributed by atoms with van der Waals surface area (Å²) in [4.78, 5) is 28.5. The molecule has 1 aliphatic heterocycles. The Hall–Kier alpha value is -2.90. The minimum Gasteiger partial charge on any atom is -0.465 e. The molecule has 0 aromatic heterocycles. The van der Waals surface area contributed by atoms with Crippen LogP contribution in [0.4, 0.5) is 4.79 Å². The van der Waals surface area contributed by atoms with Crippen LogP contribution in [0.5, 0.6) is 0 Å². The van der Waals surface area contributed by atoms with Gasteiger partial charge in [-0.15, -0.1) is 0 Å². The number of aliphatic hydroxyl groups is 1. The van der Waals surface area contributed by atoms with Gasteiger partial charge in [0.1, 0.15) is 6.04 Å². The van der Waals surface area contributed by atoms with Crippen LogP contribution in [0.3, 0.4) is 0 Å². The maximum atomic E-state index is 13.3. The van der Waals surface area contributed by atoms with Gasteiger partial charge in [-0.05, 0) is 45.2 Å². The first kappa shape index (κ1) is 23.8. The fraction of sp³-hybridized carbons (Fsp3) is 0.440. The van der Waals surface area contributed by atoms with Crippen molar-refractivity contribution in [2.45, 2.75) is 70.6 Å². The van der Waals surface area contributed by atoms with E-state index in [9.17, 15) is 19.8 Å². The topological polar surface area (TPSA) is 93.1 Å². The predicted octanol–water partition coefficient (Wildman–Crippen LogP) is 3.08. The zero-order valence-corrected chi connectivity index (χ0v) is 19.1. The minimum absolute atomic E-state index is 0.230. The number of benzene rings is 2. The van der Waals surface area contributed by atoms with E-state index >= 15 is 0 Å². The highest BCUT2D eigenvalue weighted by Crippen LogP contribution is 2.27. The van der Waals surface area contributed by atoms with Crippen molar-refractivity contribution in [2.75, 3.05) is 0 Å². The van der Waals surface area contributed by atoms with Crippen molar-refractivity contribution in [3.05, 3.63) is 71.8 Å². The van der Waals surface area contributed by atoms with E-state index in [-0.39, 0.29) is 12.1 Å². The minimum atomic E-state index is -1.22. The molecule has 1 aliphatic rings. The molecule has 1 fully saturated rings. The summed E-state index contributed by atoms with van der Waals surface area (Å²) < 4.78 is 0. The van der Waals surface area contributed by atoms with Crippen molar-refractivity contribution >= 4 is 12.0 Å². The molecule has 0 radical (unpaired) electrons. The summed E-state index contributed by atoms with van der Waals surface area (Å²) in [7, 11) is 0. The molecule has 7 nitrogen and oxygen atoms in total. The Morgan fingerprint density at radius 1 is 1.06 bits per heavy atom. The number of hydrogen-bond donors (Lipinski definition) is 3. The van der Waals surface area contributed by atoms with E-state index in [1.807, 2.05) is 67.6 Å². The monoisotopic (exact) mass is 439 g/mol. The Kier molecular flexibility index (Phi) is 7.21. The Morgan fingerprint density at radius 2 is 1.59 bits per heavy atom. The van der Waals surface area contributed by atoms with Crippen molar-refractivity contribution in [3.63, 3.8) is 0 Å². The third-order valence-corrected chi connectivity index (χ3v) is 5.92. The van der Waals surface area contributed by atoms with Crippen LogP contribution in [0.15, 0.2) is 60.7 Å². The number of rotatable bonds is 7. The van der Waals surface area contributed by atoms with Crippen molar-refractivity contribution in [1.82, 2.24) is 15.1 Å². The lowest BCUT2D eigenvalue weighted by Crippen LogP contribution is -2.61. The quantitative estimate of drug-likeness (QED) is 0.617. The normalized spacial score (nSPS) is 20.8. The number of hydrogen-bond acceptors (Lipinski definition) is 4. The van der Waals surface area contributed by atoms with Crippen LogP contribution in [0.1, 0.15) is 38.8 Å². The van der Waals surface area contributed by atoms with Crippen molar-refractivity contribution in [2.24, 2.45) is 0 Å². The number of amides is 2. The Morgan fingerprint density at radius 3 is 2.09 bits per heavy atom. The standard InChI is InChI=1S/C25H33N3O4/c1-17-26-21(23(30)27(17)16-19-13-9-6-10-14-19)22(29)20(15-18-11-7-5-8-12-18)28(24(31)32)25(2,3)4/h5-14,17,20-22,26,29H,15-16H2,1-4H3,(H,31,32)/t17?,20-,21-,22-/m0/s1. The smallest absolute Gasteiger partial charge is 0.408 e. The molecule has 0 saturated carbocycles. The molecule has 1 heterocycles. The zero-order valence-electron chi connectivity index (χ0n) is 19.1. The van der Waals surface area contributed by atoms with E-state index in [0.29, 0.717) is 13.0 Å². The van der Waals surface area contributed by atoms with Gasteiger partial charge in [0.2, 0.25) is 5.91 Å². The molecule has 0 aliphatic carbocycles. The van der Waals surface area contributed by atoms with Crippen LogP contribution in [0, 0.1) is 0 Å². The first-order valence-corrected chi connectivity index (χ1v) is 10.9. The number of nitrogens with zero attached hydrogens (tertiary/aromatic N) is 2. The highest BCUT2D eigenvalue weighted by atomic mass is 16.4.